The summed E-state index contributed by atoms with van der Waals surface area (Å²) in [6.07, 6.45) is 1.49. The van der Waals surface area contributed by atoms with E-state index in [1.54, 1.807) is 0 Å². The third-order valence-corrected chi connectivity index (χ3v) is 1.79. The summed E-state index contributed by atoms with van der Waals surface area (Å²) >= 11 is 0. The van der Waals surface area contributed by atoms with Crippen LogP contribution in [0.25, 0.3) is 0 Å². The standard InChI is InChI=1S/C13H20N2O3/c1-9(2)8-17-12-14-7-6-10(15-12)11(16)18-13(3,4)5/h6-7,9H,8H2,1-5H3. The second-order valence-corrected chi connectivity index (χ2v) is 5.43. The fourth-order valence-corrected chi connectivity index (χ4v) is 1.10. The molecule has 5 nitrogen and oxygen atoms in total. The van der Waals surface area contributed by atoms with Crippen LogP contribution in [-0.4, -0.2) is 28.1 Å². The maximum Gasteiger partial charge on any atom is 0.357 e. The van der Waals surface area contributed by atoms with Gasteiger partial charge in [-0.25, -0.2) is 9.78 Å². The molecule has 1 rings (SSSR count). The SMILES string of the molecule is CC(C)COc1nccc(C(=O)OC(C)(C)C)n1. The zero-order valence-corrected chi connectivity index (χ0v) is 11.6. The van der Waals surface area contributed by atoms with Crippen LogP contribution in [0.3, 0.4) is 0 Å². The molecule has 0 aliphatic rings. The van der Waals surface area contributed by atoms with Crippen molar-refractivity contribution in [1.82, 2.24) is 9.97 Å². The van der Waals surface area contributed by atoms with E-state index < -0.39 is 11.6 Å². The van der Waals surface area contributed by atoms with Crippen LogP contribution < -0.4 is 4.74 Å². The van der Waals surface area contributed by atoms with Crippen LogP contribution in [0.5, 0.6) is 6.01 Å². The molecule has 100 valence electrons. The predicted molar refractivity (Wildman–Crippen MR) is 67.5 cm³/mol. The van der Waals surface area contributed by atoms with Gasteiger partial charge in [0.05, 0.1) is 6.61 Å². The van der Waals surface area contributed by atoms with E-state index in [2.05, 4.69) is 9.97 Å². The summed E-state index contributed by atoms with van der Waals surface area (Å²) in [6, 6.07) is 1.71. The number of esters is 1. The maximum atomic E-state index is 11.8. The van der Waals surface area contributed by atoms with Crippen LogP contribution in [0.1, 0.15) is 45.1 Å². The normalized spacial score (nSPS) is 11.4. The second kappa shape index (κ2) is 5.80. The van der Waals surface area contributed by atoms with Crippen molar-refractivity contribution in [2.75, 3.05) is 6.61 Å². The molecule has 0 N–H and O–H groups in total. The van der Waals surface area contributed by atoms with E-state index >= 15 is 0 Å². The summed E-state index contributed by atoms with van der Waals surface area (Å²) in [4.78, 5) is 19.8. The Bertz CT molecular complexity index is 411. The zero-order valence-electron chi connectivity index (χ0n) is 11.6. The molecule has 1 aromatic heterocycles. The minimum atomic E-state index is -0.541. The first-order valence-corrected chi connectivity index (χ1v) is 5.97. The zero-order chi connectivity index (χ0) is 13.8. The first kappa shape index (κ1) is 14.4. The van der Waals surface area contributed by atoms with Crippen LogP contribution in [0.2, 0.25) is 0 Å². The number of carbonyl (C=O) groups is 1. The summed E-state index contributed by atoms with van der Waals surface area (Å²) in [5, 5.41) is 0. The number of rotatable bonds is 4. The topological polar surface area (TPSA) is 61.3 Å². The lowest BCUT2D eigenvalue weighted by molar-refractivity contribution is 0.00613. The van der Waals surface area contributed by atoms with Crippen molar-refractivity contribution >= 4 is 5.97 Å². The summed E-state index contributed by atoms with van der Waals surface area (Å²) < 4.78 is 10.6. The molecule has 0 aliphatic carbocycles. The largest absolute Gasteiger partial charge is 0.463 e. The molecule has 0 aromatic carbocycles. The van der Waals surface area contributed by atoms with Gasteiger partial charge < -0.3 is 9.47 Å². The van der Waals surface area contributed by atoms with E-state index in [9.17, 15) is 4.79 Å². The van der Waals surface area contributed by atoms with Gasteiger partial charge in [0.25, 0.3) is 0 Å². The average Bonchev–Trinajstić information content (AvgIpc) is 2.24. The van der Waals surface area contributed by atoms with Crippen LogP contribution >= 0.6 is 0 Å². The lowest BCUT2D eigenvalue weighted by Crippen LogP contribution is -2.24. The van der Waals surface area contributed by atoms with Gasteiger partial charge in [-0.1, -0.05) is 13.8 Å². The number of ether oxygens (including phenoxy) is 2. The van der Waals surface area contributed by atoms with Gasteiger partial charge in [-0.3, -0.25) is 0 Å². The smallest absolute Gasteiger partial charge is 0.357 e. The molecule has 1 heterocycles. The van der Waals surface area contributed by atoms with Crippen molar-refractivity contribution in [3.8, 4) is 6.01 Å². The monoisotopic (exact) mass is 252 g/mol. The average molecular weight is 252 g/mol. The Morgan fingerprint density at radius 1 is 1.39 bits per heavy atom. The maximum absolute atomic E-state index is 11.8. The van der Waals surface area contributed by atoms with E-state index in [1.807, 2.05) is 34.6 Å². The molecule has 0 bridgehead atoms. The van der Waals surface area contributed by atoms with Crippen molar-refractivity contribution in [2.24, 2.45) is 5.92 Å². The van der Waals surface area contributed by atoms with Gasteiger partial charge in [0.15, 0.2) is 5.69 Å². The summed E-state index contributed by atoms with van der Waals surface area (Å²) in [7, 11) is 0. The molecule has 18 heavy (non-hydrogen) atoms. The van der Waals surface area contributed by atoms with Crippen molar-refractivity contribution in [3.05, 3.63) is 18.0 Å². The van der Waals surface area contributed by atoms with E-state index in [4.69, 9.17) is 9.47 Å². The molecule has 0 fully saturated rings. The van der Waals surface area contributed by atoms with Crippen LogP contribution in [0.15, 0.2) is 12.3 Å². The minimum absolute atomic E-state index is 0.201. The minimum Gasteiger partial charge on any atom is -0.463 e. The fourth-order valence-electron chi connectivity index (χ4n) is 1.10. The van der Waals surface area contributed by atoms with Crippen LogP contribution in [-0.2, 0) is 4.74 Å². The van der Waals surface area contributed by atoms with Crippen molar-refractivity contribution < 1.29 is 14.3 Å². The van der Waals surface area contributed by atoms with Gasteiger partial charge in [-0.15, -0.1) is 0 Å². The molecule has 0 unspecified atom stereocenters. The molecule has 0 radical (unpaired) electrons. The van der Waals surface area contributed by atoms with Gasteiger partial charge in [-0.05, 0) is 32.8 Å². The molecule has 0 amide bonds. The first-order chi connectivity index (χ1) is 8.28. The number of aromatic nitrogens is 2. The van der Waals surface area contributed by atoms with Gasteiger partial charge in [0.2, 0.25) is 0 Å². The number of nitrogens with zero attached hydrogens (tertiary/aromatic N) is 2. The lowest BCUT2D eigenvalue weighted by Gasteiger charge is -2.19. The highest BCUT2D eigenvalue weighted by Gasteiger charge is 2.19. The number of hydrogen-bond acceptors (Lipinski definition) is 5. The third kappa shape index (κ3) is 5.12. The second-order valence-electron chi connectivity index (χ2n) is 5.43. The third-order valence-electron chi connectivity index (χ3n) is 1.79. The highest BCUT2D eigenvalue weighted by Crippen LogP contribution is 2.12. The summed E-state index contributed by atoms with van der Waals surface area (Å²) in [5.74, 6) is -0.0990. The highest BCUT2D eigenvalue weighted by atomic mass is 16.6. The van der Waals surface area contributed by atoms with Crippen LogP contribution in [0.4, 0.5) is 0 Å². The van der Waals surface area contributed by atoms with Crippen LogP contribution in [0, 0.1) is 5.92 Å². The quantitative estimate of drug-likeness (QED) is 0.770. The van der Waals surface area contributed by atoms with E-state index in [0.717, 1.165) is 0 Å². The Morgan fingerprint density at radius 2 is 2.06 bits per heavy atom. The van der Waals surface area contributed by atoms with E-state index in [0.29, 0.717) is 12.5 Å². The predicted octanol–water partition coefficient (Wildman–Crippen LogP) is 2.47. The molecule has 0 spiro atoms. The highest BCUT2D eigenvalue weighted by molar-refractivity contribution is 5.87. The Labute approximate surface area is 108 Å². The molecule has 5 heteroatoms. The van der Waals surface area contributed by atoms with Gasteiger partial charge >= 0.3 is 12.0 Å². The van der Waals surface area contributed by atoms with Gasteiger partial charge in [-0.2, -0.15) is 4.98 Å². The molecule has 1 aromatic rings. The van der Waals surface area contributed by atoms with Crippen molar-refractivity contribution in [3.63, 3.8) is 0 Å². The Hall–Kier alpha value is -1.65. The molecular formula is C13H20N2O3. The van der Waals surface area contributed by atoms with Crippen molar-refractivity contribution in [2.45, 2.75) is 40.2 Å². The molecule has 0 aliphatic heterocycles. The molecule has 0 saturated heterocycles. The Morgan fingerprint density at radius 3 is 2.61 bits per heavy atom. The first-order valence-electron chi connectivity index (χ1n) is 5.97. The van der Waals surface area contributed by atoms with Crippen molar-refractivity contribution in [1.29, 1.82) is 0 Å². The van der Waals surface area contributed by atoms with E-state index in [-0.39, 0.29) is 11.7 Å². The summed E-state index contributed by atoms with van der Waals surface area (Å²) in [6.45, 7) is 9.99. The fraction of sp³-hybridized carbons (Fsp3) is 0.615. The Kier molecular flexibility index (Phi) is 4.64. The molecule has 0 atom stereocenters. The number of carbonyl (C=O) groups excluding carboxylic acids is 1. The lowest BCUT2D eigenvalue weighted by atomic mass is 10.2. The molecule has 0 saturated carbocycles. The number of hydrogen-bond donors (Lipinski definition) is 0. The summed E-state index contributed by atoms with van der Waals surface area (Å²) in [5.41, 5.74) is -0.334. The Balaban J connectivity index is 2.72. The van der Waals surface area contributed by atoms with Gasteiger partial charge in [0.1, 0.15) is 5.60 Å². The van der Waals surface area contributed by atoms with E-state index in [1.165, 1.54) is 12.3 Å². The molecular weight excluding hydrogens is 232 g/mol. The van der Waals surface area contributed by atoms with Gasteiger partial charge in [0, 0.05) is 6.20 Å².